The highest BCUT2D eigenvalue weighted by Crippen LogP contribution is 2.55. The van der Waals surface area contributed by atoms with Crippen LogP contribution in [0.3, 0.4) is 0 Å². The van der Waals surface area contributed by atoms with Crippen molar-refractivity contribution in [1.29, 1.82) is 0 Å². The Morgan fingerprint density at radius 1 is 1.29 bits per heavy atom. The molecule has 1 aromatic heterocycles. The SMILES string of the molecule is C=C(Cl)c1cn([C@@H]2O[C@H](COP(=O)(O)CP(=O)(O)O)C(O)C2O)c(=O)[nH]c1=O. The van der Waals surface area contributed by atoms with E-state index < -0.39 is 63.5 Å². The highest BCUT2D eigenvalue weighted by Gasteiger charge is 2.45. The second kappa shape index (κ2) is 8.33. The van der Waals surface area contributed by atoms with Gasteiger partial charge in [-0.3, -0.25) is 23.5 Å². The summed E-state index contributed by atoms with van der Waals surface area (Å²) < 4.78 is 33.0. The minimum Gasteiger partial charge on any atom is -0.387 e. The maximum Gasteiger partial charge on any atom is 0.340 e. The standard InChI is InChI=1S/C12H17ClN2O11P2/c1-5(13)6-2-15(12(19)14-10(6)18)11-9(17)8(16)7(26-11)3-25-28(23,24)4-27(20,21)22/h2,7-9,11,16-17H,1,3-4H2,(H,23,24)(H,14,18,19)(H2,20,21,22)/t7-,8?,9?,11-/m1/s1. The third-order valence-corrected chi connectivity index (χ3v) is 7.33. The summed E-state index contributed by atoms with van der Waals surface area (Å²) in [6.07, 6.45) is -5.42. The molecule has 13 nitrogen and oxygen atoms in total. The molecule has 2 heterocycles. The predicted molar refractivity (Wildman–Crippen MR) is 94.8 cm³/mol. The van der Waals surface area contributed by atoms with E-state index in [1.807, 2.05) is 4.98 Å². The zero-order valence-corrected chi connectivity index (χ0v) is 16.5. The van der Waals surface area contributed by atoms with E-state index in [-0.39, 0.29) is 10.6 Å². The van der Waals surface area contributed by atoms with E-state index >= 15 is 0 Å². The minimum absolute atomic E-state index is 0.201. The molecule has 0 radical (unpaired) electrons. The van der Waals surface area contributed by atoms with Crippen LogP contribution in [0.1, 0.15) is 11.8 Å². The zero-order valence-electron chi connectivity index (χ0n) is 13.9. The summed E-state index contributed by atoms with van der Waals surface area (Å²) in [5.74, 6) is -1.45. The van der Waals surface area contributed by atoms with Crippen LogP contribution < -0.4 is 11.2 Å². The summed E-state index contributed by atoms with van der Waals surface area (Å²) >= 11 is 5.66. The molecule has 1 saturated heterocycles. The summed E-state index contributed by atoms with van der Waals surface area (Å²) in [4.78, 5) is 52.5. The summed E-state index contributed by atoms with van der Waals surface area (Å²) in [6, 6.07) is 0. The molecule has 0 aliphatic carbocycles. The molecule has 2 rings (SSSR count). The Balaban J connectivity index is 2.21. The average Bonchev–Trinajstić information content (AvgIpc) is 2.79. The average molecular weight is 463 g/mol. The Morgan fingerprint density at radius 3 is 2.43 bits per heavy atom. The zero-order chi connectivity index (χ0) is 21.4. The lowest BCUT2D eigenvalue weighted by molar-refractivity contribution is -0.0524. The van der Waals surface area contributed by atoms with Gasteiger partial charge in [-0.25, -0.2) is 4.79 Å². The van der Waals surface area contributed by atoms with Crippen LogP contribution in [0.4, 0.5) is 0 Å². The Bertz CT molecular complexity index is 969. The summed E-state index contributed by atoms with van der Waals surface area (Å²) in [7, 11) is -9.58. The summed E-state index contributed by atoms with van der Waals surface area (Å²) in [6.45, 7) is 2.53. The highest BCUT2D eigenvalue weighted by molar-refractivity contribution is 7.70. The van der Waals surface area contributed by atoms with Gasteiger partial charge < -0.3 is 34.2 Å². The molecule has 0 bridgehead atoms. The number of ether oxygens (including phenoxy) is 1. The van der Waals surface area contributed by atoms with Crippen LogP contribution in [0.25, 0.3) is 5.03 Å². The van der Waals surface area contributed by atoms with Gasteiger partial charge in [0.25, 0.3) is 5.56 Å². The van der Waals surface area contributed by atoms with Crippen LogP contribution >= 0.6 is 26.8 Å². The number of aromatic nitrogens is 2. The lowest BCUT2D eigenvalue weighted by atomic mass is 10.1. The molecular formula is C12H17ClN2O11P2. The molecule has 0 aromatic carbocycles. The third-order valence-electron chi connectivity index (χ3n) is 3.67. The van der Waals surface area contributed by atoms with Crippen LogP contribution in [-0.4, -0.2) is 65.3 Å². The van der Waals surface area contributed by atoms with E-state index in [4.69, 9.17) is 26.1 Å². The van der Waals surface area contributed by atoms with Gasteiger partial charge in [0, 0.05) is 11.2 Å². The number of hydrogen-bond donors (Lipinski definition) is 6. The molecule has 158 valence electrons. The Labute approximate surface area is 161 Å². The van der Waals surface area contributed by atoms with Gasteiger partial charge in [-0.1, -0.05) is 18.2 Å². The number of aliphatic hydroxyl groups is 2. The van der Waals surface area contributed by atoms with Gasteiger partial charge in [-0.15, -0.1) is 0 Å². The van der Waals surface area contributed by atoms with Gasteiger partial charge in [-0.05, 0) is 0 Å². The number of nitrogens with zero attached hydrogens (tertiary/aromatic N) is 1. The van der Waals surface area contributed by atoms with Crippen molar-refractivity contribution in [2.24, 2.45) is 0 Å². The number of H-pyrrole nitrogens is 1. The number of aliphatic hydroxyl groups excluding tert-OH is 2. The van der Waals surface area contributed by atoms with Crippen molar-refractivity contribution in [1.82, 2.24) is 9.55 Å². The summed E-state index contributed by atoms with van der Waals surface area (Å²) in [5, 5.41) is 20.0. The first-order chi connectivity index (χ1) is 12.7. The Hall–Kier alpha value is -1.11. The van der Waals surface area contributed by atoms with Crippen LogP contribution in [-0.2, 0) is 18.4 Å². The number of halogens is 1. The van der Waals surface area contributed by atoms with Gasteiger partial charge in [0.1, 0.15) is 18.3 Å². The number of hydrogen-bond acceptors (Lipinski definition) is 8. The van der Waals surface area contributed by atoms with Crippen LogP contribution in [0, 0.1) is 0 Å². The van der Waals surface area contributed by atoms with Crippen LogP contribution in [0.15, 0.2) is 22.4 Å². The van der Waals surface area contributed by atoms with Gasteiger partial charge in [0.05, 0.1) is 12.2 Å². The second-order valence-corrected chi connectivity index (χ2v) is 10.3. The molecule has 28 heavy (non-hydrogen) atoms. The number of nitrogens with one attached hydrogen (secondary N) is 1. The number of rotatable bonds is 7. The molecule has 3 unspecified atom stereocenters. The second-order valence-electron chi connectivity index (χ2n) is 5.90. The van der Waals surface area contributed by atoms with Crippen molar-refractivity contribution in [3.8, 4) is 0 Å². The van der Waals surface area contributed by atoms with Crippen molar-refractivity contribution in [2.45, 2.75) is 24.5 Å². The normalized spacial score (nSPS) is 27.5. The summed E-state index contributed by atoms with van der Waals surface area (Å²) in [5.41, 5.74) is -2.04. The van der Waals surface area contributed by atoms with E-state index in [0.717, 1.165) is 10.8 Å². The van der Waals surface area contributed by atoms with Crippen molar-refractivity contribution in [3.05, 3.63) is 39.2 Å². The van der Waals surface area contributed by atoms with Crippen molar-refractivity contribution >= 4 is 31.8 Å². The molecule has 6 N–H and O–H groups in total. The molecule has 1 fully saturated rings. The fraction of sp³-hybridized carbons (Fsp3) is 0.500. The molecule has 16 heteroatoms. The molecule has 1 aliphatic heterocycles. The first kappa shape index (κ1) is 23.2. The van der Waals surface area contributed by atoms with Crippen molar-refractivity contribution < 1.29 is 43.3 Å². The first-order valence-electron chi connectivity index (χ1n) is 7.44. The van der Waals surface area contributed by atoms with Gasteiger partial charge in [0.2, 0.25) is 0 Å². The maximum absolute atomic E-state index is 12.0. The Morgan fingerprint density at radius 2 is 1.89 bits per heavy atom. The molecule has 1 aromatic rings. The van der Waals surface area contributed by atoms with E-state index in [2.05, 4.69) is 11.1 Å². The Kier molecular flexibility index (Phi) is 6.89. The van der Waals surface area contributed by atoms with E-state index in [9.17, 15) is 33.8 Å². The van der Waals surface area contributed by atoms with Crippen LogP contribution in [0.5, 0.6) is 0 Å². The van der Waals surface area contributed by atoms with E-state index in [1.54, 1.807) is 0 Å². The smallest absolute Gasteiger partial charge is 0.340 e. The van der Waals surface area contributed by atoms with Crippen molar-refractivity contribution in [3.63, 3.8) is 0 Å². The predicted octanol–water partition coefficient (Wildman–Crippen LogP) is -1.30. The fourth-order valence-electron chi connectivity index (χ4n) is 2.43. The number of aromatic amines is 1. The lowest BCUT2D eigenvalue weighted by Gasteiger charge is -2.18. The lowest BCUT2D eigenvalue weighted by Crippen LogP contribution is -2.38. The molecule has 0 saturated carbocycles. The largest absolute Gasteiger partial charge is 0.387 e. The molecular weight excluding hydrogens is 446 g/mol. The molecule has 1 aliphatic rings. The monoisotopic (exact) mass is 462 g/mol. The molecule has 0 spiro atoms. The maximum atomic E-state index is 12.0. The topological polar surface area (TPSA) is 209 Å². The first-order valence-corrected chi connectivity index (χ1v) is 11.4. The van der Waals surface area contributed by atoms with E-state index in [1.165, 1.54) is 0 Å². The fourth-order valence-corrected chi connectivity index (χ4v) is 5.13. The highest BCUT2D eigenvalue weighted by atomic mass is 35.5. The third kappa shape index (κ3) is 5.49. The van der Waals surface area contributed by atoms with E-state index in [0.29, 0.717) is 0 Å². The van der Waals surface area contributed by atoms with Gasteiger partial charge >= 0.3 is 20.9 Å². The minimum atomic E-state index is -4.85. The molecule has 0 amide bonds. The van der Waals surface area contributed by atoms with Crippen molar-refractivity contribution in [2.75, 3.05) is 12.5 Å². The quantitative estimate of drug-likeness (QED) is 0.262. The van der Waals surface area contributed by atoms with Gasteiger partial charge in [-0.2, -0.15) is 0 Å². The van der Waals surface area contributed by atoms with Crippen LogP contribution in [0.2, 0.25) is 0 Å². The van der Waals surface area contributed by atoms with Gasteiger partial charge in [0.15, 0.2) is 12.1 Å². The molecule has 5 atom stereocenters.